The Hall–Kier alpha value is -1.10. The molecule has 20 heavy (non-hydrogen) atoms. The van der Waals surface area contributed by atoms with E-state index in [1.54, 1.807) is 4.90 Å². The minimum atomic E-state index is -0.751. The van der Waals surface area contributed by atoms with Crippen molar-refractivity contribution in [2.24, 2.45) is 5.92 Å². The van der Waals surface area contributed by atoms with Crippen LogP contribution in [0.15, 0.2) is 24.3 Å². The molecule has 1 aliphatic heterocycles. The molecular weight excluding hydrogens is 294 g/mol. The molecule has 0 radical (unpaired) electrons. The van der Waals surface area contributed by atoms with Crippen molar-refractivity contribution in [1.82, 2.24) is 4.90 Å². The van der Waals surface area contributed by atoms with Crippen molar-refractivity contribution in [3.63, 3.8) is 0 Å². The van der Waals surface area contributed by atoms with Gasteiger partial charge < -0.3 is 10.0 Å². The van der Waals surface area contributed by atoms with E-state index >= 15 is 0 Å². The van der Waals surface area contributed by atoms with Gasteiger partial charge in [0.15, 0.2) is 0 Å². The van der Waals surface area contributed by atoms with Gasteiger partial charge in [-0.15, -0.1) is 11.3 Å². The van der Waals surface area contributed by atoms with Gasteiger partial charge >= 0.3 is 0 Å². The molecule has 1 fully saturated rings. The van der Waals surface area contributed by atoms with Crippen LogP contribution in [-0.4, -0.2) is 34.6 Å². The van der Waals surface area contributed by atoms with E-state index in [2.05, 4.69) is 0 Å². The molecule has 1 N–H and O–H groups in total. The second kappa shape index (κ2) is 4.72. The van der Waals surface area contributed by atoms with Crippen molar-refractivity contribution in [2.45, 2.75) is 19.4 Å². The Morgan fingerprint density at radius 3 is 2.65 bits per heavy atom. The van der Waals surface area contributed by atoms with Gasteiger partial charge in [-0.25, -0.2) is 0 Å². The van der Waals surface area contributed by atoms with Crippen LogP contribution in [0.4, 0.5) is 0 Å². The molecule has 1 aromatic carbocycles. The minimum absolute atomic E-state index is 0.0819. The maximum atomic E-state index is 12.5. The SMILES string of the molecule is CC(C)C1(O)CN(C(=O)c2sc3ccccc3c2Cl)C1. The van der Waals surface area contributed by atoms with Gasteiger partial charge in [0, 0.05) is 10.1 Å². The van der Waals surface area contributed by atoms with E-state index in [0.717, 1.165) is 10.1 Å². The standard InChI is InChI=1S/C15H16ClNO2S/c1-9(2)15(19)7-17(8-15)14(18)13-12(16)10-5-3-4-6-11(10)20-13/h3-6,9,19H,7-8H2,1-2H3. The summed E-state index contributed by atoms with van der Waals surface area (Å²) in [5.74, 6) is 0.0611. The van der Waals surface area contributed by atoms with Crippen LogP contribution in [0.5, 0.6) is 0 Å². The lowest BCUT2D eigenvalue weighted by Crippen LogP contribution is -2.65. The maximum Gasteiger partial charge on any atom is 0.265 e. The van der Waals surface area contributed by atoms with Crippen molar-refractivity contribution in [1.29, 1.82) is 0 Å². The summed E-state index contributed by atoms with van der Waals surface area (Å²) in [4.78, 5) is 14.7. The number of hydrogen-bond acceptors (Lipinski definition) is 3. The normalized spacial score (nSPS) is 17.6. The number of hydrogen-bond donors (Lipinski definition) is 1. The Morgan fingerprint density at radius 1 is 1.40 bits per heavy atom. The molecular formula is C15H16ClNO2S. The fourth-order valence-electron chi connectivity index (χ4n) is 2.42. The van der Waals surface area contributed by atoms with Crippen molar-refractivity contribution in [2.75, 3.05) is 13.1 Å². The van der Waals surface area contributed by atoms with Crippen molar-refractivity contribution in [3.8, 4) is 0 Å². The number of amides is 1. The van der Waals surface area contributed by atoms with Crippen molar-refractivity contribution in [3.05, 3.63) is 34.2 Å². The third kappa shape index (κ3) is 2.03. The van der Waals surface area contributed by atoms with E-state index in [1.165, 1.54) is 11.3 Å². The van der Waals surface area contributed by atoms with Gasteiger partial charge in [0.1, 0.15) is 10.5 Å². The number of benzene rings is 1. The number of β-amino-alcohol motifs (C(OH)–C–C–N with tert-alkyl or cyclic N) is 1. The molecule has 0 unspecified atom stereocenters. The zero-order valence-electron chi connectivity index (χ0n) is 11.4. The summed E-state index contributed by atoms with van der Waals surface area (Å²) < 4.78 is 1.01. The molecule has 1 saturated heterocycles. The fourth-order valence-corrected chi connectivity index (χ4v) is 3.90. The summed E-state index contributed by atoms with van der Waals surface area (Å²) in [7, 11) is 0. The number of carbonyl (C=O) groups is 1. The summed E-state index contributed by atoms with van der Waals surface area (Å²) in [5, 5.41) is 11.7. The van der Waals surface area contributed by atoms with E-state index in [-0.39, 0.29) is 11.8 Å². The quantitative estimate of drug-likeness (QED) is 0.923. The maximum absolute atomic E-state index is 12.5. The van der Waals surface area contributed by atoms with Crippen molar-refractivity contribution >= 4 is 38.9 Å². The molecule has 1 amide bonds. The highest BCUT2D eigenvalue weighted by atomic mass is 35.5. The second-order valence-electron chi connectivity index (χ2n) is 5.66. The molecule has 5 heteroatoms. The van der Waals surface area contributed by atoms with E-state index < -0.39 is 5.60 Å². The zero-order valence-corrected chi connectivity index (χ0v) is 13.0. The molecule has 1 aliphatic rings. The van der Waals surface area contributed by atoms with Crippen LogP contribution >= 0.6 is 22.9 Å². The third-order valence-corrected chi connectivity index (χ3v) is 5.68. The highest BCUT2D eigenvalue weighted by Gasteiger charge is 2.46. The molecule has 106 valence electrons. The monoisotopic (exact) mass is 309 g/mol. The van der Waals surface area contributed by atoms with Crippen LogP contribution in [0.2, 0.25) is 5.02 Å². The number of thiophene rings is 1. The Labute approximate surface area is 126 Å². The average Bonchev–Trinajstić information content (AvgIpc) is 2.72. The first-order valence-corrected chi connectivity index (χ1v) is 7.80. The molecule has 0 saturated carbocycles. The minimum Gasteiger partial charge on any atom is -0.386 e. The summed E-state index contributed by atoms with van der Waals surface area (Å²) in [6, 6.07) is 7.73. The molecule has 0 atom stereocenters. The number of halogens is 1. The number of carbonyl (C=O) groups excluding carboxylic acids is 1. The smallest absolute Gasteiger partial charge is 0.265 e. The number of fused-ring (bicyclic) bond motifs is 1. The Kier molecular flexibility index (Phi) is 3.27. The third-order valence-electron chi connectivity index (χ3n) is 4.02. The van der Waals surface area contributed by atoms with Gasteiger partial charge in [-0.2, -0.15) is 0 Å². The fraction of sp³-hybridized carbons (Fsp3) is 0.400. The summed E-state index contributed by atoms with van der Waals surface area (Å²) in [6.07, 6.45) is 0. The van der Waals surface area contributed by atoms with E-state index in [9.17, 15) is 9.90 Å². The Morgan fingerprint density at radius 2 is 2.05 bits per heavy atom. The Balaban J connectivity index is 1.86. The lowest BCUT2D eigenvalue weighted by atomic mass is 9.83. The van der Waals surface area contributed by atoms with Gasteiger partial charge in [-0.3, -0.25) is 4.79 Å². The van der Waals surface area contributed by atoms with E-state index in [1.807, 2.05) is 38.1 Å². The topological polar surface area (TPSA) is 40.5 Å². The van der Waals surface area contributed by atoms with Crippen LogP contribution < -0.4 is 0 Å². The van der Waals surface area contributed by atoms with Gasteiger partial charge in [-0.05, 0) is 12.0 Å². The summed E-state index contributed by atoms with van der Waals surface area (Å²) in [6.45, 7) is 4.70. The first-order valence-electron chi connectivity index (χ1n) is 6.61. The molecule has 0 aliphatic carbocycles. The molecule has 0 spiro atoms. The van der Waals surface area contributed by atoms with Crippen LogP contribution in [0.25, 0.3) is 10.1 Å². The van der Waals surface area contributed by atoms with Gasteiger partial charge in [-0.1, -0.05) is 43.6 Å². The molecule has 2 aromatic rings. The highest BCUT2D eigenvalue weighted by molar-refractivity contribution is 7.21. The molecule has 3 nitrogen and oxygen atoms in total. The van der Waals surface area contributed by atoms with Gasteiger partial charge in [0.05, 0.1) is 18.1 Å². The lowest BCUT2D eigenvalue weighted by Gasteiger charge is -2.48. The van der Waals surface area contributed by atoms with Gasteiger partial charge in [0.2, 0.25) is 0 Å². The Bertz CT molecular complexity index is 674. The number of aliphatic hydroxyl groups is 1. The van der Waals surface area contributed by atoms with Crippen LogP contribution in [0.1, 0.15) is 23.5 Å². The van der Waals surface area contributed by atoms with Gasteiger partial charge in [0.25, 0.3) is 5.91 Å². The summed E-state index contributed by atoms with van der Waals surface area (Å²) in [5.41, 5.74) is -0.751. The number of likely N-dealkylation sites (tertiary alicyclic amines) is 1. The van der Waals surface area contributed by atoms with Crippen LogP contribution in [0, 0.1) is 5.92 Å². The molecule has 3 rings (SSSR count). The van der Waals surface area contributed by atoms with E-state index in [4.69, 9.17) is 11.6 Å². The average molecular weight is 310 g/mol. The predicted molar refractivity (Wildman–Crippen MR) is 82.5 cm³/mol. The van der Waals surface area contributed by atoms with Crippen molar-refractivity contribution < 1.29 is 9.90 Å². The largest absolute Gasteiger partial charge is 0.386 e. The summed E-state index contributed by atoms with van der Waals surface area (Å²) >= 11 is 7.72. The first kappa shape index (κ1) is 13.9. The van der Waals surface area contributed by atoms with E-state index in [0.29, 0.717) is 23.0 Å². The molecule has 1 aromatic heterocycles. The molecule has 2 heterocycles. The zero-order chi connectivity index (χ0) is 14.5. The second-order valence-corrected chi connectivity index (χ2v) is 7.09. The number of rotatable bonds is 2. The lowest BCUT2D eigenvalue weighted by molar-refractivity contribution is -0.110. The predicted octanol–water partition coefficient (Wildman–Crippen LogP) is 3.40. The highest BCUT2D eigenvalue weighted by Crippen LogP contribution is 2.38. The van der Waals surface area contributed by atoms with Crippen LogP contribution in [0.3, 0.4) is 0 Å². The first-order chi connectivity index (χ1) is 9.42. The van der Waals surface area contributed by atoms with Crippen LogP contribution in [-0.2, 0) is 0 Å². The molecule has 0 bridgehead atoms. The number of nitrogens with zero attached hydrogens (tertiary/aromatic N) is 1.